The Morgan fingerprint density at radius 2 is 1.43 bits per heavy atom. The molecule has 0 saturated carbocycles. The van der Waals surface area contributed by atoms with Gasteiger partial charge in [0.25, 0.3) is 0 Å². The number of benzene rings is 1. The summed E-state index contributed by atoms with van der Waals surface area (Å²) in [7, 11) is 3.04. The lowest BCUT2D eigenvalue weighted by Gasteiger charge is -2.25. The zero-order chi connectivity index (χ0) is 22.7. The van der Waals surface area contributed by atoms with Crippen LogP contribution in [0.1, 0.15) is 81.5 Å². The maximum absolute atomic E-state index is 10.3. The number of aromatic hydroxyl groups is 1. The number of carbonyl (C=O) groups is 1. The Kier molecular flexibility index (Phi) is 17.1. The fourth-order valence-electron chi connectivity index (χ4n) is 2.76. The molecule has 0 radical (unpaired) electrons. The van der Waals surface area contributed by atoms with Gasteiger partial charge in [-0.05, 0) is 18.6 Å². The van der Waals surface area contributed by atoms with Gasteiger partial charge in [0.2, 0.25) is 5.91 Å². The van der Waals surface area contributed by atoms with Crippen LogP contribution >= 0.6 is 0 Å². The zero-order valence-electron chi connectivity index (χ0n) is 18.9. The minimum absolute atomic E-state index is 0.0671. The molecular formula is C23H41NO6. The third kappa shape index (κ3) is 14.3. The summed E-state index contributed by atoms with van der Waals surface area (Å²) in [4.78, 5) is 10.3. The van der Waals surface area contributed by atoms with E-state index in [2.05, 4.69) is 6.92 Å². The number of phenols is 1. The molecule has 0 amide bonds. The molecule has 1 aromatic rings. The summed E-state index contributed by atoms with van der Waals surface area (Å²) < 4.78 is 15.5. The quantitative estimate of drug-likeness (QED) is 0.254. The average Bonchev–Trinajstić information content (AvgIpc) is 2.75. The van der Waals surface area contributed by atoms with Gasteiger partial charge in [0.15, 0.2) is 0 Å². The van der Waals surface area contributed by atoms with Crippen molar-refractivity contribution in [3.8, 4) is 5.75 Å². The van der Waals surface area contributed by atoms with Crippen LogP contribution in [0.4, 0.5) is 0 Å². The molecule has 0 aliphatic carbocycles. The monoisotopic (exact) mass is 427 g/mol. The van der Waals surface area contributed by atoms with Crippen LogP contribution in [0.2, 0.25) is 0 Å². The predicted molar refractivity (Wildman–Crippen MR) is 119 cm³/mol. The van der Waals surface area contributed by atoms with Gasteiger partial charge in [-0.1, -0.05) is 76.8 Å². The molecule has 1 aromatic carbocycles. The lowest BCUT2D eigenvalue weighted by atomic mass is 10.1. The molecule has 0 fully saturated rings. The van der Waals surface area contributed by atoms with Gasteiger partial charge < -0.3 is 24.4 Å². The van der Waals surface area contributed by atoms with Crippen LogP contribution in [0, 0.1) is 0 Å². The van der Waals surface area contributed by atoms with Gasteiger partial charge in [-0.3, -0.25) is 5.73 Å². The second-order valence-electron chi connectivity index (χ2n) is 7.28. The molecule has 0 spiro atoms. The minimum Gasteiger partial charge on any atom is -0.507 e. The van der Waals surface area contributed by atoms with E-state index in [1.54, 1.807) is 12.1 Å². The molecule has 174 valence electrons. The Balaban J connectivity index is 0.000000696. The van der Waals surface area contributed by atoms with Gasteiger partial charge in [-0.15, -0.1) is 0 Å². The largest absolute Gasteiger partial charge is 0.507 e. The Bertz CT molecular complexity index is 548. The molecule has 0 aliphatic heterocycles. The molecule has 30 heavy (non-hydrogen) atoms. The lowest BCUT2D eigenvalue weighted by molar-refractivity contribution is -0.231. The van der Waals surface area contributed by atoms with E-state index in [1.165, 1.54) is 84.1 Å². The van der Waals surface area contributed by atoms with Crippen molar-refractivity contribution < 1.29 is 29.2 Å². The predicted octanol–water partition coefficient (Wildman–Crippen LogP) is 4.92. The Hall–Kier alpha value is -1.67. The first-order valence-electron chi connectivity index (χ1n) is 10.9. The maximum Gasteiger partial charge on any atom is 0.339 e. The number of nitrogens with two attached hydrogens (primary N) is 1. The molecule has 0 unspecified atom stereocenters. The SMILES string of the molecule is CCCCCCCCCCCCOCC(N)(OC)OC.O=C(O)c1ccccc1O. The summed E-state index contributed by atoms with van der Waals surface area (Å²) in [6.45, 7) is 3.26. The van der Waals surface area contributed by atoms with Gasteiger partial charge in [0.1, 0.15) is 17.9 Å². The molecule has 7 nitrogen and oxygen atoms in total. The van der Waals surface area contributed by atoms with Crippen molar-refractivity contribution in [2.45, 2.75) is 77.0 Å². The molecule has 0 atom stereocenters. The standard InChI is InChI=1S/C16H35NO3.C7H6O3/c1-4-5-6-7-8-9-10-11-12-13-14-20-15-16(17,18-2)19-3;8-6-4-2-1-3-5(6)7(9)10/h4-15,17H2,1-3H3;1-4,8H,(H,9,10). The molecule has 0 aliphatic rings. The third-order valence-electron chi connectivity index (χ3n) is 4.77. The van der Waals surface area contributed by atoms with E-state index in [0.717, 1.165) is 13.0 Å². The highest BCUT2D eigenvalue weighted by Crippen LogP contribution is 2.14. The molecule has 4 N–H and O–H groups in total. The van der Waals surface area contributed by atoms with Gasteiger partial charge in [0, 0.05) is 20.8 Å². The second kappa shape index (κ2) is 18.1. The molecule has 7 heteroatoms. The number of aromatic carboxylic acids is 1. The molecule has 0 bridgehead atoms. The van der Waals surface area contributed by atoms with Crippen LogP contribution in [0.5, 0.6) is 5.75 Å². The summed E-state index contributed by atoms with van der Waals surface area (Å²) in [6.07, 6.45) is 13.3. The zero-order valence-corrected chi connectivity index (χ0v) is 18.9. The third-order valence-corrected chi connectivity index (χ3v) is 4.77. The van der Waals surface area contributed by atoms with E-state index in [0.29, 0.717) is 0 Å². The number of methoxy groups -OCH3 is 2. The van der Waals surface area contributed by atoms with Crippen LogP contribution in [-0.2, 0) is 14.2 Å². The van der Waals surface area contributed by atoms with E-state index in [4.69, 9.17) is 30.2 Å². The first-order chi connectivity index (χ1) is 14.4. The van der Waals surface area contributed by atoms with Crippen molar-refractivity contribution in [1.29, 1.82) is 0 Å². The summed E-state index contributed by atoms with van der Waals surface area (Å²) in [5.41, 5.74) is 5.69. The number of carboxylic acids is 1. The molecule has 0 aromatic heterocycles. The smallest absolute Gasteiger partial charge is 0.339 e. The molecular weight excluding hydrogens is 386 g/mol. The fraction of sp³-hybridized carbons (Fsp3) is 0.696. The lowest BCUT2D eigenvalue weighted by Crippen LogP contribution is -2.48. The average molecular weight is 428 g/mol. The van der Waals surface area contributed by atoms with Crippen molar-refractivity contribution in [1.82, 2.24) is 0 Å². The van der Waals surface area contributed by atoms with E-state index >= 15 is 0 Å². The first-order valence-corrected chi connectivity index (χ1v) is 10.9. The van der Waals surface area contributed by atoms with E-state index in [9.17, 15) is 4.79 Å². The summed E-state index contributed by atoms with van der Waals surface area (Å²) in [6, 6.07) is 5.81. The molecule has 0 saturated heterocycles. The van der Waals surface area contributed by atoms with Crippen LogP contribution < -0.4 is 5.73 Å². The van der Waals surface area contributed by atoms with Crippen molar-refractivity contribution >= 4 is 5.97 Å². The number of hydrogen-bond acceptors (Lipinski definition) is 6. The fourth-order valence-corrected chi connectivity index (χ4v) is 2.76. The first kappa shape index (κ1) is 28.3. The van der Waals surface area contributed by atoms with Crippen LogP contribution in [0.3, 0.4) is 0 Å². The number of para-hydroxylation sites is 1. The summed E-state index contributed by atoms with van der Waals surface area (Å²) in [5, 5.41) is 17.3. The topological polar surface area (TPSA) is 111 Å². The van der Waals surface area contributed by atoms with Gasteiger partial charge in [0.05, 0.1) is 0 Å². The Labute approximate surface area is 181 Å². The highest BCUT2D eigenvalue weighted by atomic mass is 16.7. The molecule has 0 heterocycles. The van der Waals surface area contributed by atoms with Crippen molar-refractivity contribution in [2.75, 3.05) is 27.4 Å². The number of unbranched alkanes of at least 4 members (excludes halogenated alkanes) is 9. The number of carboxylic acid groups (broad SMARTS) is 1. The summed E-state index contributed by atoms with van der Waals surface area (Å²) in [5.74, 6) is -2.41. The number of ether oxygens (including phenoxy) is 3. The van der Waals surface area contributed by atoms with E-state index in [-0.39, 0.29) is 17.9 Å². The van der Waals surface area contributed by atoms with Crippen LogP contribution in [0.25, 0.3) is 0 Å². The van der Waals surface area contributed by atoms with Gasteiger partial charge >= 0.3 is 5.97 Å². The van der Waals surface area contributed by atoms with Crippen LogP contribution in [0.15, 0.2) is 24.3 Å². The number of rotatable bonds is 16. The normalized spacial score (nSPS) is 11.1. The highest BCUT2D eigenvalue weighted by Gasteiger charge is 2.23. The maximum atomic E-state index is 10.3. The van der Waals surface area contributed by atoms with Crippen molar-refractivity contribution in [2.24, 2.45) is 5.73 Å². The van der Waals surface area contributed by atoms with Gasteiger partial charge in [-0.25, -0.2) is 4.79 Å². The molecule has 1 rings (SSSR count). The van der Waals surface area contributed by atoms with Crippen molar-refractivity contribution in [3.63, 3.8) is 0 Å². The van der Waals surface area contributed by atoms with Crippen molar-refractivity contribution in [3.05, 3.63) is 29.8 Å². The Morgan fingerprint density at radius 3 is 1.87 bits per heavy atom. The highest BCUT2D eigenvalue weighted by molar-refractivity contribution is 5.90. The number of hydrogen-bond donors (Lipinski definition) is 3. The van der Waals surface area contributed by atoms with Crippen LogP contribution in [-0.4, -0.2) is 49.5 Å². The Morgan fingerprint density at radius 1 is 0.933 bits per heavy atom. The van der Waals surface area contributed by atoms with E-state index < -0.39 is 11.9 Å². The minimum atomic E-state index is -1.11. The summed E-state index contributed by atoms with van der Waals surface area (Å²) >= 11 is 0. The van der Waals surface area contributed by atoms with Gasteiger partial charge in [-0.2, -0.15) is 0 Å². The van der Waals surface area contributed by atoms with E-state index in [1.807, 2.05) is 0 Å². The second-order valence-corrected chi connectivity index (χ2v) is 7.28.